The SMILES string of the molecule is O=C1N[C@]2(C(=O)NS(=O)(=O)C3CC3)C[C@H]2/C=C\CCCCCC(=O)N2C[C@H](Oc3nc(-c4ccc(C(F)(F)F)cc4)nc4c3oc3ccccc34)C[C@@H]12. The third-order valence-corrected chi connectivity index (χ3v) is 12.2. The van der Waals surface area contributed by atoms with Gasteiger partial charge in [0.2, 0.25) is 27.4 Å². The van der Waals surface area contributed by atoms with Crippen molar-refractivity contribution in [2.75, 3.05) is 6.54 Å². The molecule has 53 heavy (non-hydrogen) atoms. The van der Waals surface area contributed by atoms with E-state index in [1.807, 2.05) is 12.2 Å². The van der Waals surface area contributed by atoms with Crippen LogP contribution in [-0.2, 0) is 30.6 Å². The first kappa shape index (κ1) is 35.1. The molecular weight excluding hydrogens is 715 g/mol. The Bertz CT molecular complexity index is 2250. The number of nitrogens with zero attached hydrogens (tertiary/aromatic N) is 3. The number of benzene rings is 2. The topological polar surface area (TPSA) is 161 Å². The smallest absolute Gasteiger partial charge is 0.416 e. The molecule has 16 heteroatoms. The molecule has 0 radical (unpaired) electrons. The van der Waals surface area contributed by atoms with Crippen LogP contribution < -0.4 is 14.8 Å². The molecule has 2 aromatic heterocycles. The number of halogens is 3. The number of hydrogen-bond acceptors (Lipinski definition) is 9. The van der Waals surface area contributed by atoms with Crippen molar-refractivity contribution in [3.8, 4) is 17.3 Å². The van der Waals surface area contributed by atoms with Gasteiger partial charge in [0.1, 0.15) is 28.8 Å². The molecule has 0 spiro atoms. The number of hydrogen-bond donors (Lipinski definition) is 2. The lowest BCUT2D eigenvalue weighted by Gasteiger charge is -2.26. The summed E-state index contributed by atoms with van der Waals surface area (Å²) in [5, 5.41) is 2.82. The summed E-state index contributed by atoms with van der Waals surface area (Å²) >= 11 is 0. The van der Waals surface area contributed by atoms with Crippen LogP contribution in [-0.4, -0.2) is 70.5 Å². The number of carbonyl (C=O) groups is 3. The third kappa shape index (κ3) is 6.84. The molecule has 4 atom stereocenters. The third-order valence-electron chi connectivity index (χ3n) is 10.4. The Labute approximate surface area is 302 Å². The fourth-order valence-corrected chi connectivity index (χ4v) is 8.60. The maximum Gasteiger partial charge on any atom is 0.416 e. The van der Waals surface area contributed by atoms with Crippen LogP contribution in [0.5, 0.6) is 5.88 Å². The Morgan fingerprint density at radius 2 is 1.81 bits per heavy atom. The molecule has 4 aromatic rings. The number of ether oxygens (including phenoxy) is 1. The molecule has 8 rings (SSSR count). The second-order valence-electron chi connectivity index (χ2n) is 14.2. The van der Waals surface area contributed by atoms with Crippen LogP contribution in [0.3, 0.4) is 0 Å². The first-order valence-corrected chi connectivity index (χ1v) is 19.2. The van der Waals surface area contributed by atoms with Crippen LogP contribution in [0.4, 0.5) is 13.2 Å². The molecule has 0 bridgehead atoms. The summed E-state index contributed by atoms with van der Waals surface area (Å²) in [4.78, 5) is 51.9. The zero-order valence-corrected chi connectivity index (χ0v) is 29.2. The van der Waals surface area contributed by atoms with E-state index in [2.05, 4.69) is 20.0 Å². The Morgan fingerprint density at radius 3 is 2.57 bits per heavy atom. The van der Waals surface area contributed by atoms with E-state index in [4.69, 9.17) is 9.15 Å². The van der Waals surface area contributed by atoms with Crippen molar-refractivity contribution in [2.24, 2.45) is 5.92 Å². The van der Waals surface area contributed by atoms with Crippen molar-refractivity contribution in [3.63, 3.8) is 0 Å². The summed E-state index contributed by atoms with van der Waals surface area (Å²) in [6.45, 7) is -0.00313. The van der Waals surface area contributed by atoms with E-state index in [0.717, 1.165) is 25.0 Å². The average molecular weight is 752 g/mol. The molecule has 4 aliphatic rings. The number of fused-ring (bicyclic) bond motifs is 5. The highest BCUT2D eigenvalue weighted by Gasteiger charge is 2.62. The lowest BCUT2D eigenvalue weighted by Crippen LogP contribution is -2.56. The highest BCUT2D eigenvalue weighted by molar-refractivity contribution is 7.91. The molecule has 2 aromatic carbocycles. The summed E-state index contributed by atoms with van der Waals surface area (Å²) in [6, 6.07) is 10.4. The van der Waals surface area contributed by atoms with E-state index in [1.165, 1.54) is 17.0 Å². The van der Waals surface area contributed by atoms with Crippen LogP contribution in [0.15, 0.2) is 65.1 Å². The largest absolute Gasteiger partial charge is 0.470 e. The quantitative estimate of drug-likeness (QED) is 0.246. The zero-order valence-electron chi connectivity index (χ0n) is 28.4. The van der Waals surface area contributed by atoms with Crippen molar-refractivity contribution in [2.45, 2.75) is 86.9 Å². The minimum absolute atomic E-state index is 0.00313. The van der Waals surface area contributed by atoms with Crippen molar-refractivity contribution >= 4 is 49.8 Å². The first-order valence-electron chi connectivity index (χ1n) is 17.7. The van der Waals surface area contributed by atoms with E-state index in [1.54, 1.807) is 24.3 Å². The molecule has 2 saturated carbocycles. The second-order valence-corrected chi connectivity index (χ2v) is 16.2. The van der Waals surface area contributed by atoms with Crippen molar-refractivity contribution in [3.05, 3.63) is 66.2 Å². The number of nitrogens with one attached hydrogen (secondary N) is 2. The molecule has 12 nitrogen and oxygen atoms in total. The zero-order chi connectivity index (χ0) is 37.1. The highest BCUT2D eigenvalue weighted by atomic mass is 32.2. The van der Waals surface area contributed by atoms with Crippen LogP contribution >= 0.6 is 0 Å². The summed E-state index contributed by atoms with van der Waals surface area (Å²) < 4.78 is 80.1. The fraction of sp³-hybridized carbons (Fsp3) is 0.432. The summed E-state index contributed by atoms with van der Waals surface area (Å²) in [5.74, 6) is -2.04. The molecule has 4 heterocycles. The molecule has 278 valence electrons. The number of allylic oxidation sites excluding steroid dienone is 1. The number of amides is 3. The predicted octanol–water partition coefficient (Wildman–Crippen LogP) is 5.41. The molecule has 3 amide bonds. The van der Waals surface area contributed by atoms with Gasteiger partial charge in [-0.15, -0.1) is 0 Å². The summed E-state index contributed by atoms with van der Waals surface area (Å²) in [7, 11) is -3.89. The van der Waals surface area contributed by atoms with Gasteiger partial charge in [0.25, 0.3) is 11.8 Å². The van der Waals surface area contributed by atoms with Gasteiger partial charge in [-0.1, -0.05) is 42.8 Å². The Morgan fingerprint density at radius 1 is 1.04 bits per heavy atom. The highest BCUT2D eigenvalue weighted by Crippen LogP contribution is 2.46. The van der Waals surface area contributed by atoms with Gasteiger partial charge in [-0.3, -0.25) is 19.1 Å². The maximum atomic E-state index is 14.1. The lowest BCUT2D eigenvalue weighted by molar-refractivity contribution is -0.139. The number of aromatic nitrogens is 2. The Kier molecular flexibility index (Phi) is 8.70. The van der Waals surface area contributed by atoms with Gasteiger partial charge in [0.15, 0.2) is 5.82 Å². The Balaban J connectivity index is 1.11. The number of furan rings is 1. The van der Waals surface area contributed by atoms with E-state index in [0.29, 0.717) is 47.7 Å². The normalized spacial score (nSPS) is 26.0. The van der Waals surface area contributed by atoms with Crippen LogP contribution in [0.1, 0.15) is 63.4 Å². The van der Waals surface area contributed by atoms with Crippen LogP contribution in [0, 0.1) is 5.92 Å². The number of rotatable bonds is 6. The van der Waals surface area contributed by atoms with Crippen LogP contribution in [0.25, 0.3) is 33.5 Å². The summed E-state index contributed by atoms with van der Waals surface area (Å²) in [5.41, 5.74) is -0.986. The van der Waals surface area contributed by atoms with Crippen molar-refractivity contribution in [1.82, 2.24) is 24.9 Å². The van der Waals surface area contributed by atoms with Gasteiger partial charge in [0.05, 0.1) is 17.4 Å². The molecule has 3 fully saturated rings. The lowest BCUT2D eigenvalue weighted by atomic mass is 10.1. The molecule has 1 saturated heterocycles. The minimum atomic E-state index is -4.53. The van der Waals surface area contributed by atoms with Gasteiger partial charge in [-0.2, -0.15) is 18.2 Å². The maximum absolute atomic E-state index is 14.1. The van der Waals surface area contributed by atoms with E-state index >= 15 is 0 Å². The molecule has 2 N–H and O–H groups in total. The van der Waals surface area contributed by atoms with E-state index in [-0.39, 0.29) is 49.0 Å². The van der Waals surface area contributed by atoms with Gasteiger partial charge in [-0.05, 0) is 62.8 Å². The first-order chi connectivity index (χ1) is 25.3. The van der Waals surface area contributed by atoms with Crippen LogP contribution in [0.2, 0.25) is 0 Å². The van der Waals surface area contributed by atoms with Gasteiger partial charge >= 0.3 is 6.18 Å². The van der Waals surface area contributed by atoms with Gasteiger partial charge in [-0.25, -0.2) is 13.4 Å². The Hall–Kier alpha value is -4.99. The van der Waals surface area contributed by atoms with Crippen molar-refractivity contribution in [1.29, 1.82) is 0 Å². The summed E-state index contributed by atoms with van der Waals surface area (Å²) in [6.07, 6.45) is 2.71. The standard InChI is InChI=1S/C37H36F3N5O7S/c38-37(39,40)22-14-12-21(13-15-22)32-41-30-26-9-6-7-10-28(26)52-31(30)34(42-32)51-24-18-27-33(47)43-36(35(48)44-53(49,50)25-16-17-25)19-23(36)8-4-2-1-3-5-11-29(46)45(27)20-24/h4,6-10,12-15,23-25,27H,1-3,5,11,16-20H2,(H,43,47)(H,44,48)/b8-4-/t23-,24-,27+,36-/m1/s1. The van der Waals surface area contributed by atoms with Gasteiger partial charge in [0, 0.05) is 29.7 Å². The number of carbonyl (C=O) groups excluding carboxylic acids is 3. The van der Waals surface area contributed by atoms with Crippen molar-refractivity contribution < 1.29 is 45.1 Å². The number of para-hydroxylation sites is 1. The fourth-order valence-electron chi connectivity index (χ4n) is 7.23. The molecule has 2 aliphatic heterocycles. The van der Waals surface area contributed by atoms with E-state index in [9.17, 15) is 36.0 Å². The molecule has 2 aliphatic carbocycles. The monoisotopic (exact) mass is 751 g/mol. The molecule has 0 unspecified atom stereocenters. The second kappa shape index (κ2) is 13.1. The van der Waals surface area contributed by atoms with Gasteiger partial charge < -0.3 is 19.4 Å². The number of sulfonamides is 1. The predicted molar refractivity (Wildman–Crippen MR) is 186 cm³/mol. The number of alkyl halides is 3. The average Bonchev–Trinajstić information content (AvgIpc) is 4.02. The van der Waals surface area contributed by atoms with E-state index < -0.39 is 62.4 Å². The molecular formula is C37H36F3N5O7S. The minimum Gasteiger partial charge on any atom is -0.470 e.